The lowest BCUT2D eigenvalue weighted by Crippen LogP contribution is -2.25. The van der Waals surface area contributed by atoms with Crippen LogP contribution in [0.25, 0.3) is 0 Å². The molecular formula is C9H10O4. The van der Waals surface area contributed by atoms with Crippen LogP contribution in [0.4, 0.5) is 0 Å². The highest BCUT2D eigenvalue weighted by Crippen LogP contribution is 2.35. The van der Waals surface area contributed by atoms with Crippen molar-refractivity contribution in [1.82, 2.24) is 0 Å². The third-order valence-electron chi connectivity index (χ3n) is 2.04. The van der Waals surface area contributed by atoms with Gasteiger partial charge in [-0.15, -0.1) is 0 Å². The quantitative estimate of drug-likeness (QED) is 0.543. The van der Waals surface area contributed by atoms with Gasteiger partial charge in [0.25, 0.3) is 0 Å². The van der Waals surface area contributed by atoms with E-state index in [0.29, 0.717) is 17.7 Å². The van der Waals surface area contributed by atoms with Crippen LogP contribution in [0.1, 0.15) is 5.56 Å². The largest absolute Gasteiger partial charge is 0.508 e. The number of benzene rings is 1. The zero-order valence-corrected chi connectivity index (χ0v) is 6.90. The molecule has 1 aliphatic heterocycles. The number of aliphatic hydroxyl groups excluding tert-OH is 1. The third kappa shape index (κ3) is 1.40. The van der Waals surface area contributed by atoms with Crippen LogP contribution in [0.3, 0.4) is 0 Å². The first-order valence-electron chi connectivity index (χ1n) is 4.02. The second-order valence-corrected chi connectivity index (χ2v) is 3.11. The Morgan fingerprint density at radius 3 is 2.85 bits per heavy atom. The Balaban J connectivity index is 2.47. The molecule has 1 unspecified atom stereocenters. The predicted octanol–water partition coefficient (Wildman–Crippen LogP) is 0.394. The molecule has 0 aliphatic carbocycles. The van der Waals surface area contributed by atoms with Gasteiger partial charge in [-0.2, -0.15) is 0 Å². The van der Waals surface area contributed by atoms with Crippen molar-refractivity contribution < 1.29 is 20.1 Å². The number of aromatic hydroxyl groups is 2. The minimum Gasteiger partial charge on any atom is -0.508 e. The van der Waals surface area contributed by atoms with E-state index >= 15 is 0 Å². The molecule has 0 radical (unpaired) electrons. The Bertz CT molecular complexity index is 335. The Morgan fingerprint density at radius 1 is 1.31 bits per heavy atom. The van der Waals surface area contributed by atoms with Gasteiger partial charge in [0, 0.05) is 24.1 Å². The second kappa shape index (κ2) is 2.81. The first-order valence-corrected chi connectivity index (χ1v) is 4.02. The molecule has 0 saturated carbocycles. The number of fused-ring (bicyclic) bond motifs is 1. The van der Waals surface area contributed by atoms with E-state index in [0.717, 1.165) is 0 Å². The minimum absolute atomic E-state index is 0.0336. The number of phenolic OH excluding ortho intramolecular Hbond substituents is 2. The molecule has 0 amide bonds. The first kappa shape index (κ1) is 8.19. The minimum atomic E-state index is -0.581. The van der Waals surface area contributed by atoms with Gasteiger partial charge < -0.3 is 20.1 Å². The van der Waals surface area contributed by atoms with Crippen molar-refractivity contribution in [1.29, 1.82) is 0 Å². The lowest BCUT2D eigenvalue weighted by molar-refractivity contribution is 0.0906. The highest BCUT2D eigenvalue weighted by atomic mass is 16.5. The molecule has 0 bridgehead atoms. The first-order chi connectivity index (χ1) is 6.16. The van der Waals surface area contributed by atoms with Crippen LogP contribution < -0.4 is 4.74 Å². The molecule has 4 heteroatoms. The molecule has 3 N–H and O–H groups in total. The van der Waals surface area contributed by atoms with Crippen LogP contribution in [0.2, 0.25) is 0 Å². The van der Waals surface area contributed by atoms with E-state index in [9.17, 15) is 10.2 Å². The molecule has 1 atom stereocenters. The van der Waals surface area contributed by atoms with Gasteiger partial charge in [0.05, 0.1) is 6.10 Å². The summed E-state index contributed by atoms with van der Waals surface area (Å²) >= 11 is 0. The van der Waals surface area contributed by atoms with Crippen LogP contribution in [0.15, 0.2) is 12.1 Å². The standard InChI is InChI=1S/C9H10O4/c10-5-2-8(12)7-1-6(11)4-13-9(7)3-5/h2-3,6,10-12H,1,4H2. The highest BCUT2D eigenvalue weighted by molar-refractivity contribution is 5.50. The molecule has 1 aliphatic rings. The summed E-state index contributed by atoms with van der Waals surface area (Å²) in [6, 6.07) is 2.67. The maximum atomic E-state index is 9.40. The molecule has 4 nitrogen and oxygen atoms in total. The summed E-state index contributed by atoms with van der Waals surface area (Å²) in [7, 11) is 0. The summed E-state index contributed by atoms with van der Waals surface area (Å²) in [5.41, 5.74) is 0.552. The summed E-state index contributed by atoms with van der Waals surface area (Å²) in [5.74, 6) is 0.379. The van der Waals surface area contributed by atoms with Crippen LogP contribution in [0, 0.1) is 0 Å². The number of rotatable bonds is 0. The Hall–Kier alpha value is -1.42. The van der Waals surface area contributed by atoms with Gasteiger partial charge in [-0.25, -0.2) is 0 Å². The average molecular weight is 182 g/mol. The SMILES string of the molecule is Oc1cc(O)c2c(c1)OCC(O)C2. The average Bonchev–Trinajstić information content (AvgIpc) is 2.06. The number of phenols is 2. The van der Waals surface area contributed by atoms with E-state index in [1.807, 2.05) is 0 Å². The van der Waals surface area contributed by atoms with E-state index in [4.69, 9.17) is 9.84 Å². The van der Waals surface area contributed by atoms with Crippen molar-refractivity contribution in [3.63, 3.8) is 0 Å². The molecule has 70 valence electrons. The van der Waals surface area contributed by atoms with Crippen LogP contribution in [0.5, 0.6) is 17.2 Å². The van der Waals surface area contributed by atoms with E-state index < -0.39 is 6.10 Å². The summed E-state index contributed by atoms with van der Waals surface area (Å²) < 4.78 is 5.13. The molecule has 1 aromatic rings. The zero-order chi connectivity index (χ0) is 9.42. The Labute approximate surface area is 75.0 Å². The fourth-order valence-corrected chi connectivity index (χ4v) is 1.43. The molecular weight excluding hydrogens is 172 g/mol. The second-order valence-electron chi connectivity index (χ2n) is 3.11. The summed E-state index contributed by atoms with van der Waals surface area (Å²) in [4.78, 5) is 0. The molecule has 1 aromatic carbocycles. The zero-order valence-electron chi connectivity index (χ0n) is 6.90. The maximum Gasteiger partial charge on any atom is 0.130 e. The van der Waals surface area contributed by atoms with Crippen molar-refractivity contribution in [2.24, 2.45) is 0 Å². The van der Waals surface area contributed by atoms with Crippen LogP contribution >= 0.6 is 0 Å². The summed E-state index contributed by atoms with van der Waals surface area (Å²) in [6.07, 6.45) is -0.218. The molecule has 0 saturated heterocycles. The summed E-state index contributed by atoms with van der Waals surface area (Å²) in [6.45, 7) is 0.204. The van der Waals surface area contributed by atoms with E-state index in [1.54, 1.807) is 0 Å². The van der Waals surface area contributed by atoms with Gasteiger partial charge in [0.2, 0.25) is 0 Å². The normalized spacial score (nSPS) is 20.5. The van der Waals surface area contributed by atoms with Gasteiger partial charge in [-0.1, -0.05) is 0 Å². The topological polar surface area (TPSA) is 69.9 Å². The van der Waals surface area contributed by atoms with Crippen molar-refractivity contribution in [3.05, 3.63) is 17.7 Å². The van der Waals surface area contributed by atoms with E-state index in [2.05, 4.69) is 0 Å². The van der Waals surface area contributed by atoms with Gasteiger partial charge in [0.15, 0.2) is 0 Å². The Kier molecular flexibility index (Phi) is 1.77. The van der Waals surface area contributed by atoms with Crippen molar-refractivity contribution in [2.75, 3.05) is 6.61 Å². The fourth-order valence-electron chi connectivity index (χ4n) is 1.43. The van der Waals surface area contributed by atoms with Crippen molar-refractivity contribution in [3.8, 4) is 17.2 Å². The fraction of sp³-hybridized carbons (Fsp3) is 0.333. The summed E-state index contributed by atoms with van der Waals surface area (Å²) in [5, 5.41) is 27.8. The Morgan fingerprint density at radius 2 is 2.08 bits per heavy atom. The predicted molar refractivity (Wildman–Crippen MR) is 45.0 cm³/mol. The molecule has 0 aromatic heterocycles. The monoisotopic (exact) mass is 182 g/mol. The maximum absolute atomic E-state index is 9.40. The highest BCUT2D eigenvalue weighted by Gasteiger charge is 2.21. The number of hydrogen-bond donors (Lipinski definition) is 3. The molecule has 1 heterocycles. The number of hydrogen-bond acceptors (Lipinski definition) is 4. The van der Waals surface area contributed by atoms with E-state index in [-0.39, 0.29) is 18.1 Å². The molecule has 0 spiro atoms. The molecule has 13 heavy (non-hydrogen) atoms. The van der Waals surface area contributed by atoms with Crippen LogP contribution in [-0.4, -0.2) is 28.0 Å². The van der Waals surface area contributed by atoms with Crippen molar-refractivity contribution in [2.45, 2.75) is 12.5 Å². The van der Waals surface area contributed by atoms with E-state index in [1.165, 1.54) is 12.1 Å². The molecule has 0 fully saturated rings. The van der Waals surface area contributed by atoms with Gasteiger partial charge in [0.1, 0.15) is 23.9 Å². The van der Waals surface area contributed by atoms with Gasteiger partial charge >= 0.3 is 0 Å². The number of aliphatic hydroxyl groups is 1. The molecule has 2 rings (SSSR count). The van der Waals surface area contributed by atoms with Gasteiger partial charge in [-0.3, -0.25) is 0 Å². The van der Waals surface area contributed by atoms with Crippen LogP contribution in [-0.2, 0) is 6.42 Å². The smallest absolute Gasteiger partial charge is 0.130 e. The lowest BCUT2D eigenvalue weighted by Gasteiger charge is -2.22. The third-order valence-corrected chi connectivity index (χ3v) is 2.04. The lowest BCUT2D eigenvalue weighted by atomic mass is 10.0. The van der Waals surface area contributed by atoms with Gasteiger partial charge in [-0.05, 0) is 0 Å². The van der Waals surface area contributed by atoms with Crippen molar-refractivity contribution >= 4 is 0 Å². The number of ether oxygens (including phenoxy) is 1.